The standard InChI is InChI=1S/C12H20O4.Sn.2H/c1-3-5-9-15-11(13)7-8-12(14)16-10-6-4-2;;;/h7-8H,3-6,9-10H2,1-2H3;;;/b8-7+;;;. The van der Waals surface area contributed by atoms with Crippen molar-refractivity contribution in [2.24, 2.45) is 0 Å². The topological polar surface area (TPSA) is 52.6 Å². The van der Waals surface area contributed by atoms with Crippen LogP contribution in [-0.2, 0) is 19.1 Å². The second kappa shape index (κ2) is 13.5. The number of esters is 2. The van der Waals surface area contributed by atoms with Crippen LogP contribution in [0.3, 0.4) is 0 Å². The normalized spacial score (nSPS) is 9.76. The number of carbonyl (C=O) groups excluding carboxylic acids is 2. The van der Waals surface area contributed by atoms with Crippen molar-refractivity contribution in [3.8, 4) is 0 Å². The Morgan fingerprint density at radius 2 is 1.24 bits per heavy atom. The summed E-state index contributed by atoms with van der Waals surface area (Å²) in [6.45, 7) is 4.80. The van der Waals surface area contributed by atoms with E-state index in [-0.39, 0.29) is 23.9 Å². The van der Waals surface area contributed by atoms with E-state index in [0.29, 0.717) is 13.2 Å². The van der Waals surface area contributed by atoms with Gasteiger partial charge >= 0.3 is 35.8 Å². The number of rotatable bonds is 8. The molecule has 0 fully saturated rings. The predicted octanol–water partition coefficient (Wildman–Crippen LogP) is 1.31. The molecule has 5 heteroatoms. The van der Waals surface area contributed by atoms with Gasteiger partial charge in [0.1, 0.15) is 0 Å². The summed E-state index contributed by atoms with van der Waals surface area (Å²) >= 11 is 0. The third-order valence-corrected chi connectivity index (χ3v) is 1.84. The van der Waals surface area contributed by atoms with Crippen LogP contribution in [0.15, 0.2) is 12.2 Å². The van der Waals surface area contributed by atoms with Gasteiger partial charge in [0.05, 0.1) is 13.2 Å². The molecule has 0 N–H and O–H groups in total. The number of unbranched alkanes of at least 4 members (excludes halogenated alkanes) is 2. The molecule has 0 aromatic carbocycles. The first-order valence-corrected chi connectivity index (χ1v) is 5.72. The summed E-state index contributed by atoms with van der Waals surface area (Å²) < 4.78 is 9.65. The summed E-state index contributed by atoms with van der Waals surface area (Å²) in [7, 11) is 0. The molecule has 17 heavy (non-hydrogen) atoms. The Morgan fingerprint density at radius 1 is 0.882 bits per heavy atom. The number of carbonyl (C=O) groups is 2. The van der Waals surface area contributed by atoms with Gasteiger partial charge in [-0.15, -0.1) is 0 Å². The fourth-order valence-corrected chi connectivity index (χ4v) is 0.867. The SMILES string of the molecule is CCCCOC(=O)/C=C/C(=O)OCCCC.[SnH2]. The first-order valence-electron chi connectivity index (χ1n) is 5.72. The zero-order valence-corrected chi connectivity index (χ0v) is 14.8. The molecule has 0 aliphatic heterocycles. The second-order valence-corrected chi connectivity index (χ2v) is 3.38. The van der Waals surface area contributed by atoms with Gasteiger partial charge in [0.25, 0.3) is 0 Å². The molecule has 0 spiro atoms. The van der Waals surface area contributed by atoms with E-state index in [0.717, 1.165) is 37.8 Å². The minimum absolute atomic E-state index is 0. The summed E-state index contributed by atoms with van der Waals surface area (Å²) in [4.78, 5) is 22.1. The van der Waals surface area contributed by atoms with E-state index in [1.807, 2.05) is 13.8 Å². The zero-order valence-electron chi connectivity index (χ0n) is 10.7. The molecule has 0 aliphatic rings. The van der Waals surface area contributed by atoms with Crippen LogP contribution in [0, 0.1) is 0 Å². The molecule has 0 saturated heterocycles. The summed E-state index contributed by atoms with van der Waals surface area (Å²) in [5.41, 5.74) is 0. The Labute approximate surface area is 120 Å². The molecule has 0 aliphatic carbocycles. The summed E-state index contributed by atoms with van der Waals surface area (Å²) in [6, 6.07) is 0. The minimum atomic E-state index is -0.499. The molecule has 0 rings (SSSR count). The third-order valence-electron chi connectivity index (χ3n) is 1.84. The molecular formula is C12H22O4Sn. The molecule has 0 aromatic rings. The van der Waals surface area contributed by atoms with Gasteiger partial charge in [-0.3, -0.25) is 0 Å². The van der Waals surface area contributed by atoms with Crippen LogP contribution in [0.2, 0.25) is 0 Å². The Kier molecular flexibility index (Phi) is 15.0. The van der Waals surface area contributed by atoms with Crippen LogP contribution in [-0.4, -0.2) is 49.1 Å². The van der Waals surface area contributed by atoms with Gasteiger partial charge in [0.15, 0.2) is 0 Å². The quantitative estimate of drug-likeness (QED) is 0.287. The Bertz CT molecular complexity index is 215. The van der Waals surface area contributed by atoms with Crippen molar-refractivity contribution in [2.75, 3.05) is 13.2 Å². The van der Waals surface area contributed by atoms with Crippen molar-refractivity contribution >= 4 is 35.8 Å². The van der Waals surface area contributed by atoms with E-state index in [9.17, 15) is 9.59 Å². The van der Waals surface area contributed by atoms with Crippen LogP contribution in [0.4, 0.5) is 0 Å². The molecule has 0 amide bonds. The second-order valence-electron chi connectivity index (χ2n) is 3.38. The van der Waals surface area contributed by atoms with Crippen molar-refractivity contribution in [1.82, 2.24) is 0 Å². The van der Waals surface area contributed by atoms with Crippen LogP contribution >= 0.6 is 0 Å². The molecule has 98 valence electrons. The van der Waals surface area contributed by atoms with Crippen molar-refractivity contribution in [1.29, 1.82) is 0 Å². The molecule has 0 bridgehead atoms. The Balaban J connectivity index is 0. The van der Waals surface area contributed by atoms with Gasteiger partial charge in [-0.05, 0) is 12.8 Å². The first-order chi connectivity index (χ1) is 7.70. The number of hydrogen-bond donors (Lipinski definition) is 0. The predicted molar refractivity (Wildman–Crippen MR) is 69.4 cm³/mol. The summed E-state index contributed by atoms with van der Waals surface area (Å²) in [6.07, 6.45) is 5.81. The van der Waals surface area contributed by atoms with Crippen molar-refractivity contribution in [3.05, 3.63) is 12.2 Å². The fourth-order valence-electron chi connectivity index (χ4n) is 0.867. The van der Waals surface area contributed by atoms with E-state index in [2.05, 4.69) is 0 Å². The van der Waals surface area contributed by atoms with Gasteiger partial charge in [-0.1, -0.05) is 26.7 Å². The van der Waals surface area contributed by atoms with Crippen LogP contribution < -0.4 is 0 Å². The van der Waals surface area contributed by atoms with Crippen molar-refractivity contribution < 1.29 is 19.1 Å². The molecule has 0 saturated carbocycles. The van der Waals surface area contributed by atoms with E-state index in [4.69, 9.17) is 9.47 Å². The maximum absolute atomic E-state index is 11.0. The molecule has 0 aromatic heterocycles. The van der Waals surface area contributed by atoms with Gasteiger partial charge in [0, 0.05) is 12.2 Å². The summed E-state index contributed by atoms with van der Waals surface area (Å²) in [5, 5.41) is 0. The molecule has 0 heterocycles. The Morgan fingerprint density at radius 3 is 1.53 bits per heavy atom. The van der Waals surface area contributed by atoms with Gasteiger partial charge in [0.2, 0.25) is 0 Å². The van der Waals surface area contributed by atoms with E-state index < -0.39 is 11.9 Å². The van der Waals surface area contributed by atoms with Gasteiger partial charge in [-0.25, -0.2) is 9.59 Å². The summed E-state index contributed by atoms with van der Waals surface area (Å²) in [5.74, 6) is -0.998. The van der Waals surface area contributed by atoms with E-state index in [1.165, 1.54) is 0 Å². The maximum atomic E-state index is 11.0. The van der Waals surface area contributed by atoms with Crippen LogP contribution in [0.1, 0.15) is 39.5 Å². The molecule has 4 nitrogen and oxygen atoms in total. The van der Waals surface area contributed by atoms with Gasteiger partial charge in [-0.2, -0.15) is 0 Å². The number of ether oxygens (including phenoxy) is 2. The molecule has 0 atom stereocenters. The zero-order chi connectivity index (χ0) is 12.2. The average molecular weight is 349 g/mol. The van der Waals surface area contributed by atoms with Crippen molar-refractivity contribution in [3.63, 3.8) is 0 Å². The van der Waals surface area contributed by atoms with E-state index in [1.54, 1.807) is 0 Å². The Hall–Kier alpha value is -0.521. The molecule has 0 unspecified atom stereocenters. The van der Waals surface area contributed by atoms with E-state index >= 15 is 0 Å². The number of hydrogen-bond acceptors (Lipinski definition) is 4. The third kappa shape index (κ3) is 13.4. The molecular weight excluding hydrogens is 327 g/mol. The average Bonchev–Trinajstić information content (AvgIpc) is 2.27. The monoisotopic (exact) mass is 350 g/mol. The van der Waals surface area contributed by atoms with Crippen LogP contribution in [0.25, 0.3) is 0 Å². The van der Waals surface area contributed by atoms with Crippen molar-refractivity contribution in [2.45, 2.75) is 39.5 Å². The van der Waals surface area contributed by atoms with Gasteiger partial charge < -0.3 is 9.47 Å². The van der Waals surface area contributed by atoms with Crippen LogP contribution in [0.5, 0.6) is 0 Å². The molecule has 2 radical (unpaired) electrons. The first kappa shape index (κ1) is 18.8. The fraction of sp³-hybridized carbons (Fsp3) is 0.667.